The molecule has 0 aliphatic rings. The third-order valence-corrected chi connectivity index (χ3v) is 10.7. The van der Waals surface area contributed by atoms with Crippen LogP contribution in [0.2, 0.25) is 0 Å². The highest BCUT2D eigenvalue weighted by molar-refractivity contribution is 6.27. The maximum absolute atomic E-state index is 5.19. The lowest BCUT2D eigenvalue weighted by Crippen LogP contribution is -2.02. The number of benzene rings is 6. The molecule has 6 aromatic carbocycles. The first-order valence-electron chi connectivity index (χ1n) is 19.2. The lowest BCUT2D eigenvalue weighted by Gasteiger charge is -2.16. The molecular weight excluding hydrogens is 745 g/mol. The van der Waals surface area contributed by atoms with Gasteiger partial charge in [-0.05, 0) is 93.0 Å². The number of aromatic nitrogens is 12. The molecule has 0 saturated heterocycles. The van der Waals surface area contributed by atoms with Gasteiger partial charge in [0.2, 0.25) is 0 Å². The average Bonchev–Trinajstić information content (AvgIpc) is 3.33. The molecule has 12 heteroatoms. The zero-order valence-corrected chi connectivity index (χ0v) is 31.4. The Bertz CT molecular complexity index is 3450. The summed E-state index contributed by atoms with van der Waals surface area (Å²) >= 11 is 0. The first-order valence-corrected chi connectivity index (χ1v) is 19.2. The van der Waals surface area contributed by atoms with Crippen LogP contribution in [-0.2, 0) is 0 Å². The standard InChI is InChI=1S/C48H26N12/c1-7-35(41-37(9-1)51-21-23-53-41)47-58-46(59-48(60-47)36-8-2-10-38-42(36)54-24-22-52-38)34-18-14-28-11-15-31-33(17-13-27-12-16-32(34)40(28)39(27)31)45-56-43(29-5-3-19-49-25-29)55-44(57-45)30-6-4-20-50-26-30/h1-26H. The van der Waals surface area contributed by atoms with Gasteiger partial charge in [-0.25, -0.2) is 29.9 Å². The minimum absolute atomic E-state index is 0.471. The first kappa shape index (κ1) is 33.5. The van der Waals surface area contributed by atoms with E-state index in [1.165, 1.54) is 0 Å². The van der Waals surface area contributed by atoms with Crippen molar-refractivity contribution in [2.75, 3.05) is 0 Å². The Morgan fingerprint density at radius 3 is 1.18 bits per heavy atom. The second-order valence-corrected chi connectivity index (χ2v) is 14.2. The largest absolute Gasteiger partial charge is 0.264 e. The average molecular weight is 771 g/mol. The SMILES string of the molecule is c1cncc(-c2nc(-c3cccnc3)nc(-c3ccc4ccc5c(-c6nc(-c7cccc8nccnc78)nc(-c7cccc8nccnc78)n6)ccc6ccc3c4c65)n2)c1. The number of pyridine rings is 2. The third-order valence-electron chi connectivity index (χ3n) is 10.7. The van der Waals surface area contributed by atoms with Crippen LogP contribution in [0, 0.1) is 0 Å². The van der Waals surface area contributed by atoms with Gasteiger partial charge in [0.15, 0.2) is 34.9 Å². The van der Waals surface area contributed by atoms with Crippen molar-refractivity contribution in [3.05, 3.63) is 159 Å². The van der Waals surface area contributed by atoms with Crippen molar-refractivity contribution < 1.29 is 0 Å². The molecule has 60 heavy (non-hydrogen) atoms. The minimum Gasteiger partial charge on any atom is -0.264 e. The van der Waals surface area contributed by atoms with E-state index in [-0.39, 0.29) is 0 Å². The fraction of sp³-hybridized carbons (Fsp3) is 0. The fourth-order valence-corrected chi connectivity index (χ4v) is 8.02. The Balaban J connectivity index is 1.10. The van der Waals surface area contributed by atoms with Crippen molar-refractivity contribution in [3.63, 3.8) is 0 Å². The predicted molar refractivity (Wildman–Crippen MR) is 231 cm³/mol. The van der Waals surface area contributed by atoms with Crippen molar-refractivity contribution in [1.29, 1.82) is 0 Å². The minimum atomic E-state index is 0.471. The van der Waals surface area contributed by atoms with Gasteiger partial charge in [-0.2, -0.15) is 0 Å². The Morgan fingerprint density at radius 1 is 0.300 bits per heavy atom. The van der Waals surface area contributed by atoms with Gasteiger partial charge in [0.25, 0.3) is 0 Å². The first-order chi connectivity index (χ1) is 29.7. The highest BCUT2D eigenvalue weighted by Gasteiger charge is 2.22. The number of nitrogens with zero attached hydrogens (tertiary/aromatic N) is 12. The Hall–Kier alpha value is -8.64. The van der Waals surface area contributed by atoms with Gasteiger partial charge in [-0.3, -0.25) is 29.9 Å². The van der Waals surface area contributed by atoms with Crippen molar-refractivity contribution >= 4 is 54.4 Å². The molecule has 0 radical (unpaired) electrons. The quantitative estimate of drug-likeness (QED) is 0.148. The molecule has 0 saturated carbocycles. The number of hydrogen-bond donors (Lipinski definition) is 0. The van der Waals surface area contributed by atoms with E-state index in [0.29, 0.717) is 46.0 Å². The monoisotopic (exact) mass is 770 g/mol. The zero-order valence-electron chi connectivity index (χ0n) is 31.4. The summed E-state index contributed by atoms with van der Waals surface area (Å²) in [6.07, 6.45) is 13.7. The van der Waals surface area contributed by atoms with E-state index in [9.17, 15) is 0 Å². The van der Waals surface area contributed by atoms with Crippen molar-refractivity contribution in [3.8, 4) is 68.3 Å². The maximum atomic E-state index is 5.19. The van der Waals surface area contributed by atoms with Crippen LogP contribution < -0.4 is 0 Å². The summed E-state index contributed by atoms with van der Waals surface area (Å²) < 4.78 is 0. The molecule has 0 spiro atoms. The smallest absolute Gasteiger partial charge is 0.166 e. The summed E-state index contributed by atoms with van der Waals surface area (Å²) in [5, 5.41) is 6.31. The van der Waals surface area contributed by atoms with Crippen LogP contribution in [0.5, 0.6) is 0 Å². The molecule has 12 rings (SSSR count). The Kier molecular flexibility index (Phi) is 7.53. The predicted octanol–water partition coefficient (Wildman–Crippen LogP) is 9.63. The molecule has 12 aromatic rings. The second-order valence-electron chi connectivity index (χ2n) is 14.2. The van der Waals surface area contributed by atoms with E-state index in [1.807, 2.05) is 60.7 Å². The normalized spacial score (nSPS) is 11.7. The summed E-state index contributed by atoms with van der Waals surface area (Å²) in [5.41, 5.74) is 7.66. The van der Waals surface area contributed by atoms with Crippen LogP contribution in [0.25, 0.3) is 123 Å². The van der Waals surface area contributed by atoms with Gasteiger partial charge in [0.05, 0.1) is 22.1 Å². The summed E-state index contributed by atoms with van der Waals surface area (Å²) in [4.78, 5) is 57.6. The van der Waals surface area contributed by atoms with Crippen LogP contribution in [-0.4, -0.2) is 59.8 Å². The van der Waals surface area contributed by atoms with E-state index in [1.54, 1.807) is 49.6 Å². The molecule has 0 aliphatic heterocycles. The summed E-state index contributed by atoms with van der Waals surface area (Å²) in [7, 11) is 0. The third kappa shape index (κ3) is 5.46. The molecular formula is C48H26N12. The molecule has 0 unspecified atom stereocenters. The molecule has 0 amide bonds. The molecule has 0 fully saturated rings. The lowest BCUT2D eigenvalue weighted by atomic mass is 9.89. The second kappa shape index (κ2) is 13.5. The summed E-state index contributed by atoms with van der Waals surface area (Å²) in [6.45, 7) is 0. The van der Waals surface area contributed by atoms with Crippen LogP contribution in [0.4, 0.5) is 0 Å². The number of hydrogen-bond acceptors (Lipinski definition) is 12. The van der Waals surface area contributed by atoms with Gasteiger partial charge < -0.3 is 0 Å². The van der Waals surface area contributed by atoms with E-state index in [4.69, 9.17) is 39.9 Å². The Labute approximate surface area is 340 Å². The van der Waals surface area contributed by atoms with Gasteiger partial charge in [0.1, 0.15) is 0 Å². The van der Waals surface area contributed by atoms with E-state index >= 15 is 0 Å². The molecule has 278 valence electrons. The molecule has 0 aliphatic carbocycles. The van der Waals surface area contributed by atoms with Crippen LogP contribution in [0.1, 0.15) is 0 Å². The molecule has 6 heterocycles. The van der Waals surface area contributed by atoms with Crippen molar-refractivity contribution in [2.24, 2.45) is 0 Å². The lowest BCUT2D eigenvalue weighted by molar-refractivity contribution is 1.07. The molecule has 0 bridgehead atoms. The van der Waals surface area contributed by atoms with Gasteiger partial charge in [-0.15, -0.1) is 0 Å². The van der Waals surface area contributed by atoms with Gasteiger partial charge >= 0.3 is 0 Å². The van der Waals surface area contributed by atoms with Gasteiger partial charge in [0, 0.05) is 83.0 Å². The van der Waals surface area contributed by atoms with Crippen LogP contribution in [0.3, 0.4) is 0 Å². The molecule has 0 N–H and O–H groups in total. The Morgan fingerprint density at radius 2 is 0.717 bits per heavy atom. The van der Waals surface area contributed by atoms with E-state index in [2.05, 4.69) is 68.5 Å². The van der Waals surface area contributed by atoms with Gasteiger partial charge in [-0.1, -0.05) is 48.5 Å². The van der Waals surface area contributed by atoms with Crippen LogP contribution in [0.15, 0.2) is 159 Å². The van der Waals surface area contributed by atoms with E-state index in [0.717, 1.165) is 76.7 Å². The number of fused-ring (bicyclic) bond motifs is 2. The van der Waals surface area contributed by atoms with Crippen molar-refractivity contribution in [1.82, 2.24) is 59.8 Å². The van der Waals surface area contributed by atoms with E-state index < -0.39 is 0 Å². The molecule has 0 atom stereocenters. The zero-order chi connectivity index (χ0) is 39.6. The highest BCUT2D eigenvalue weighted by Crippen LogP contribution is 2.42. The fourth-order valence-electron chi connectivity index (χ4n) is 8.02. The van der Waals surface area contributed by atoms with Crippen LogP contribution >= 0.6 is 0 Å². The number of para-hydroxylation sites is 2. The highest BCUT2D eigenvalue weighted by atomic mass is 15.0. The molecule has 6 aromatic heterocycles. The van der Waals surface area contributed by atoms with Crippen molar-refractivity contribution in [2.45, 2.75) is 0 Å². The summed E-state index contributed by atoms with van der Waals surface area (Å²) in [6, 6.07) is 36.4. The topological polar surface area (TPSA) is 155 Å². The summed E-state index contributed by atoms with van der Waals surface area (Å²) in [5.74, 6) is 3.04. The molecule has 12 nitrogen and oxygen atoms in total. The maximum Gasteiger partial charge on any atom is 0.166 e. The number of rotatable bonds is 6.